The zero-order valence-electron chi connectivity index (χ0n) is 20.6. The van der Waals surface area contributed by atoms with Crippen LogP contribution in [0, 0.1) is 0 Å². The Morgan fingerprint density at radius 2 is 1.77 bits per heavy atom. The zero-order chi connectivity index (χ0) is 23.8. The number of carbonyl (C=O) groups excluding carboxylic acids is 1. The van der Waals surface area contributed by atoms with Crippen LogP contribution in [0.2, 0.25) is 18.1 Å². The fourth-order valence-corrected chi connectivity index (χ4v) is 4.24. The molecule has 4 atom stereocenters. The van der Waals surface area contributed by atoms with Gasteiger partial charge in [0.2, 0.25) is 0 Å². The van der Waals surface area contributed by atoms with Crippen molar-refractivity contribution in [2.75, 3.05) is 13.2 Å². The summed E-state index contributed by atoms with van der Waals surface area (Å²) >= 11 is 0. The quantitative estimate of drug-likeness (QED) is 0.267. The lowest BCUT2D eigenvalue weighted by molar-refractivity contribution is -0.178. The van der Waals surface area contributed by atoms with Gasteiger partial charge in [-0.1, -0.05) is 20.8 Å². The summed E-state index contributed by atoms with van der Waals surface area (Å²) in [6.45, 7) is 19.7. The molecule has 0 aliphatic carbocycles. The van der Waals surface area contributed by atoms with E-state index in [-0.39, 0.29) is 24.0 Å². The smallest absolute Gasteiger partial charge is 0.371 e. The highest BCUT2D eigenvalue weighted by molar-refractivity contribution is 6.74. The summed E-state index contributed by atoms with van der Waals surface area (Å²) in [5.41, 5.74) is 0. The van der Waals surface area contributed by atoms with Crippen molar-refractivity contribution in [2.24, 2.45) is 0 Å². The van der Waals surface area contributed by atoms with Crippen LogP contribution in [0.3, 0.4) is 0 Å². The molecule has 2 fully saturated rings. The fraction of sp³-hybridized carbons (Fsp3) is 0.864. The average molecular weight is 461 g/mol. The molecule has 0 aromatic heterocycles. The Kier molecular flexibility index (Phi) is 7.72. The molecule has 9 heteroatoms. The van der Waals surface area contributed by atoms with Crippen LogP contribution < -0.4 is 0 Å². The van der Waals surface area contributed by atoms with Gasteiger partial charge in [-0.15, -0.1) is 0 Å². The molecule has 0 radical (unpaired) electrons. The maximum Gasteiger partial charge on any atom is 0.371 e. The molecule has 2 aliphatic heterocycles. The first-order valence-corrected chi connectivity index (χ1v) is 13.8. The molecular weight excluding hydrogens is 420 g/mol. The van der Waals surface area contributed by atoms with Gasteiger partial charge in [0.1, 0.15) is 24.4 Å². The number of hydrogen-bond donors (Lipinski definition) is 1. The maximum absolute atomic E-state index is 12.7. The van der Waals surface area contributed by atoms with Crippen molar-refractivity contribution >= 4 is 14.3 Å². The van der Waals surface area contributed by atoms with Crippen molar-refractivity contribution in [3.05, 3.63) is 11.8 Å². The highest BCUT2D eigenvalue weighted by atomic mass is 28.4. The van der Waals surface area contributed by atoms with Gasteiger partial charge in [0.05, 0.1) is 13.2 Å². The van der Waals surface area contributed by atoms with Gasteiger partial charge in [0, 0.05) is 0 Å². The highest BCUT2D eigenvalue weighted by Crippen LogP contribution is 2.39. The van der Waals surface area contributed by atoms with E-state index in [1.54, 1.807) is 40.7 Å². The normalized spacial score (nSPS) is 29.6. The van der Waals surface area contributed by atoms with Crippen molar-refractivity contribution in [3.63, 3.8) is 0 Å². The highest BCUT2D eigenvalue weighted by Gasteiger charge is 2.50. The molecule has 0 spiro atoms. The van der Waals surface area contributed by atoms with Crippen LogP contribution in [0.15, 0.2) is 11.8 Å². The Hall–Kier alpha value is -0.973. The van der Waals surface area contributed by atoms with Gasteiger partial charge in [0.15, 0.2) is 17.3 Å². The predicted molar refractivity (Wildman–Crippen MR) is 118 cm³/mol. The third-order valence-electron chi connectivity index (χ3n) is 5.88. The van der Waals surface area contributed by atoms with E-state index in [2.05, 4.69) is 20.8 Å². The molecule has 2 rings (SSSR count). The van der Waals surface area contributed by atoms with Gasteiger partial charge in [-0.2, -0.15) is 0 Å². The minimum Gasteiger partial charge on any atom is -0.539 e. The average Bonchev–Trinajstić information content (AvgIpc) is 3.11. The van der Waals surface area contributed by atoms with Gasteiger partial charge in [-0.25, -0.2) is 4.79 Å². The first-order chi connectivity index (χ1) is 14.0. The largest absolute Gasteiger partial charge is 0.539 e. The molecule has 2 saturated heterocycles. The lowest BCUT2D eigenvalue weighted by atomic mass is 10.0. The Morgan fingerprint density at radius 3 is 2.26 bits per heavy atom. The van der Waals surface area contributed by atoms with Gasteiger partial charge in [0.25, 0.3) is 8.32 Å². The standard InChI is InChI=1S/C22H40O8Si/c1-11-25-19(24)15(30-31(9,10)20(2,3)4)12-14-18(29-22(7,8)27-14)17(23)16-13-26-21(5,6)28-16/h12,14,16-18,23H,11,13H2,1-10H3/b15-12-/t14-,16-,17-,18-/m1/s1. The molecule has 0 amide bonds. The first kappa shape index (κ1) is 26.3. The topological polar surface area (TPSA) is 92.7 Å². The van der Waals surface area contributed by atoms with Crippen LogP contribution in [0.1, 0.15) is 55.4 Å². The molecule has 0 aromatic rings. The minimum atomic E-state index is -2.33. The second kappa shape index (κ2) is 9.11. The van der Waals surface area contributed by atoms with Crippen LogP contribution in [0.25, 0.3) is 0 Å². The van der Waals surface area contributed by atoms with Crippen molar-refractivity contribution in [2.45, 2.75) is 110 Å². The molecule has 0 aromatic carbocycles. The summed E-state index contributed by atoms with van der Waals surface area (Å²) in [5, 5.41) is 10.9. The van der Waals surface area contributed by atoms with E-state index in [0.29, 0.717) is 0 Å². The Balaban J connectivity index is 2.34. The second-order valence-electron chi connectivity index (χ2n) is 10.5. The monoisotopic (exact) mass is 460 g/mol. The SMILES string of the molecule is CCOC(=O)/C(=C/[C@H]1OC(C)(C)O[C@H]1[C@H](O)[C@H]1COC(C)(C)O1)O[Si](C)(C)C(C)(C)C. The van der Waals surface area contributed by atoms with E-state index in [0.717, 1.165) is 0 Å². The van der Waals surface area contributed by atoms with E-state index in [9.17, 15) is 9.90 Å². The molecule has 8 nitrogen and oxygen atoms in total. The summed E-state index contributed by atoms with van der Waals surface area (Å²) in [6, 6.07) is 0. The number of hydrogen-bond acceptors (Lipinski definition) is 8. The third kappa shape index (κ3) is 6.52. The summed E-state index contributed by atoms with van der Waals surface area (Å²) < 4.78 is 34.9. The van der Waals surface area contributed by atoms with Crippen LogP contribution in [-0.2, 0) is 32.9 Å². The van der Waals surface area contributed by atoms with E-state index in [1.165, 1.54) is 0 Å². The summed E-state index contributed by atoms with van der Waals surface area (Å²) in [6.07, 6.45) is -1.55. The molecule has 0 bridgehead atoms. The summed E-state index contributed by atoms with van der Waals surface area (Å²) in [7, 11) is -2.33. The molecule has 0 unspecified atom stereocenters. The van der Waals surface area contributed by atoms with Gasteiger partial charge in [-0.05, 0) is 58.8 Å². The van der Waals surface area contributed by atoms with Crippen LogP contribution in [0.5, 0.6) is 0 Å². The summed E-state index contributed by atoms with van der Waals surface area (Å²) in [5.74, 6) is -2.22. The van der Waals surface area contributed by atoms with Crippen LogP contribution >= 0.6 is 0 Å². The number of ether oxygens (including phenoxy) is 5. The van der Waals surface area contributed by atoms with Crippen molar-refractivity contribution in [3.8, 4) is 0 Å². The van der Waals surface area contributed by atoms with E-state index < -0.39 is 50.3 Å². The molecule has 180 valence electrons. The van der Waals surface area contributed by atoms with Crippen molar-refractivity contribution in [1.29, 1.82) is 0 Å². The van der Waals surface area contributed by atoms with E-state index in [1.807, 2.05) is 13.1 Å². The molecule has 2 heterocycles. The number of aliphatic hydroxyl groups excluding tert-OH is 1. The fourth-order valence-electron chi connectivity index (χ4n) is 3.23. The molecule has 2 aliphatic rings. The summed E-state index contributed by atoms with van der Waals surface area (Å²) in [4.78, 5) is 12.7. The predicted octanol–water partition coefficient (Wildman–Crippen LogP) is 3.49. The van der Waals surface area contributed by atoms with Crippen LogP contribution in [0.4, 0.5) is 0 Å². The van der Waals surface area contributed by atoms with Gasteiger partial charge >= 0.3 is 5.97 Å². The van der Waals surface area contributed by atoms with E-state index in [4.69, 9.17) is 28.1 Å². The number of esters is 1. The minimum absolute atomic E-state index is 0.0841. The maximum atomic E-state index is 12.7. The Bertz CT molecular complexity index is 679. The number of aliphatic hydroxyl groups is 1. The Morgan fingerprint density at radius 1 is 1.16 bits per heavy atom. The second-order valence-corrected chi connectivity index (χ2v) is 15.3. The van der Waals surface area contributed by atoms with Crippen molar-refractivity contribution < 1.29 is 38.0 Å². The number of rotatable bonds is 7. The Labute approximate surface area is 187 Å². The molecule has 31 heavy (non-hydrogen) atoms. The zero-order valence-corrected chi connectivity index (χ0v) is 21.6. The van der Waals surface area contributed by atoms with Crippen LogP contribution in [-0.4, -0.2) is 68.6 Å². The number of carbonyl (C=O) groups is 1. The van der Waals surface area contributed by atoms with Gasteiger partial charge in [-0.3, -0.25) is 0 Å². The lowest BCUT2D eigenvalue weighted by Crippen LogP contribution is -2.45. The first-order valence-electron chi connectivity index (χ1n) is 10.9. The molecule has 0 saturated carbocycles. The molecule has 1 N–H and O–H groups in total. The molecular formula is C22H40O8Si. The van der Waals surface area contributed by atoms with E-state index >= 15 is 0 Å². The van der Waals surface area contributed by atoms with Gasteiger partial charge < -0.3 is 33.2 Å². The lowest BCUT2D eigenvalue weighted by Gasteiger charge is -2.37. The third-order valence-corrected chi connectivity index (χ3v) is 10.2. The van der Waals surface area contributed by atoms with Crippen molar-refractivity contribution in [1.82, 2.24) is 0 Å².